The summed E-state index contributed by atoms with van der Waals surface area (Å²) < 4.78 is 43.2. The molecule has 0 amide bonds. The third-order valence-corrected chi connectivity index (χ3v) is 2.67. The highest BCUT2D eigenvalue weighted by molar-refractivity contribution is 7.86. The maximum Gasteiger partial charge on any atom is 0.341 e. The van der Waals surface area contributed by atoms with Crippen molar-refractivity contribution in [1.29, 1.82) is 0 Å². The summed E-state index contributed by atoms with van der Waals surface area (Å²) in [6, 6.07) is 3.04. The van der Waals surface area contributed by atoms with Crippen molar-refractivity contribution < 1.29 is 26.6 Å². The van der Waals surface area contributed by atoms with Crippen LogP contribution in [0.4, 0.5) is 3.89 Å². The van der Waals surface area contributed by atoms with Gasteiger partial charge in [0.05, 0.1) is 19.1 Å². The van der Waals surface area contributed by atoms with Crippen LogP contribution in [0.3, 0.4) is 0 Å². The molecule has 0 aliphatic carbocycles. The van der Waals surface area contributed by atoms with Gasteiger partial charge in [0, 0.05) is 0 Å². The van der Waals surface area contributed by atoms with E-state index in [0.717, 1.165) is 19.2 Å². The second-order valence-electron chi connectivity index (χ2n) is 2.79. The molecule has 0 unspecified atom stereocenters. The van der Waals surface area contributed by atoms with Crippen molar-refractivity contribution >= 4 is 16.2 Å². The van der Waals surface area contributed by atoms with Gasteiger partial charge in [-0.1, -0.05) is 0 Å². The van der Waals surface area contributed by atoms with E-state index < -0.39 is 21.1 Å². The zero-order chi connectivity index (χ0) is 12.3. The summed E-state index contributed by atoms with van der Waals surface area (Å²) >= 11 is 0. The molecule has 0 heterocycles. The Morgan fingerprint density at radius 1 is 1.31 bits per heavy atom. The van der Waals surface area contributed by atoms with Crippen molar-refractivity contribution in [3.8, 4) is 5.75 Å². The van der Waals surface area contributed by atoms with E-state index in [9.17, 15) is 17.1 Å². The van der Waals surface area contributed by atoms with Crippen LogP contribution in [-0.2, 0) is 15.0 Å². The van der Waals surface area contributed by atoms with E-state index in [-0.39, 0.29) is 11.3 Å². The molecule has 88 valence electrons. The average molecular weight is 248 g/mol. The van der Waals surface area contributed by atoms with Crippen molar-refractivity contribution in [2.75, 3.05) is 14.2 Å². The minimum Gasteiger partial charge on any atom is -0.496 e. The molecule has 1 aromatic rings. The van der Waals surface area contributed by atoms with E-state index in [1.165, 1.54) is 13.2 Å². The van der Waals surface area contributed by atoms with Crippen LogP contribution in [0.1, 0.15) is 10.4 Å². The quantitative estimate of drug-likeness (QED) is 0.592. The van der Waals surface area contributed by atoms with Gasteiger partial charge in [0.15, 0.2) is 0 Å². The van der Waals surface area contributed by atoms with E-state index >= 15 is 0 Å². The number of rotatable bonds is 3. The predicted octanol–water partition coefficient (Wildman–Crippen LogP) is 1.14. The second kappa shape index (κ2) is 4.48. The van der Waals surface area contributed by atoms with Gasteiger partial charge in [-0.3, -0.25) is 0 Å². The van der Waals surface area contributed by atoms with E-state index in [2.05, 4.69) is 4.74 Å². The van der Waals surface area contributed by atoms with Gasteiger partial charge >= 0.3 is 16.2 Å². The summed E-state index contributed by atoms with van der Waals surface area (Å²) in [6.07, 6.45) is 0. The molecule has 0 spiro atoms. The Hall–Kier alpha value is -1.63. The highest BCUT2D eigenvalue weighted by atomic mass is 32.3. The van der Waals surface area contributed by atoms with Crippen LogP contribution in [0.25, 0.3) is 0 Å². The lowest BCUT2D eigenvalue weighted by atomic mass is 10.2. The van der Waals surface area contributed by atoms with Gasteiger partial charge in [0.2, 0.25) is 0 Å². The molecule has 0 N–H and O–H groups in total. The van der Waals surface area contributed by atoms with Gasteiger partial charge in [0.1, 0.15) is 11.3 Å². The van der Waals surface area contributed by atoms with Crippen LogP contribution in [-0.4, -0.2) is 28.6 Å². The molecule has 7 heteroatoms. The minimum absolute atomic E-state index is 0.110. The molecular weight excluding hydrogens is 239 g/mol. The summed E-state index contributed by atoms with van der Waals surface area (Å²) in [7, 11) is -2.43. The van der Waals surface area contributed by atoms with Crippen molar-refractivity contribution in [3.63, 3.8) is 0 Å². The summed E-state index contributed by atoms with van der Waals surface area (Å²) in [5.74, 6) is -0.693. The first-order valence-electron chi connectivity index (χ1n) is 4.11. The van der Waals surface area contributed by atoms with E-state index in [0.29, 0.717) is 0 Å². The third-order valence-electron chi connectivity index (χ3n) is 1.86. The molecule has 0 bridgehead atoms. The molecule has 1 rings (SSSR count). The molecular formula is C9H9FO5S. The fourth-order valence-electron chi connectivity index (χ4n) is 1.11. The Kier molecular flexibility index (Phi) is 3.48. The first-order chi connectivity index (χ1) is 7.40. The number of ether oxygens (including phenoxy) is 2. The Labute approximate surface area is 92.0 Å². The molecule has 0 aromatic heterocycles. The lowest BCUT2D eigenvalue weighted by Gasteiger charge is -2.07. The lowest BCUT2D eigenvalue weighted by Crippen LogP contribution is -2.05. The average Bonchev–Trinajstić information content (AvgIpc) is 2.25. The van der Waals surface area contributed by atoms with Crippen LogP contribution < -0.4 is 4.74 Å². The van der Waals surface area contributed by atoms with Crippen LogP contribution >= 0.6 is 0 Å². The predicted molar refractivity (Wildman–Crippen MR) is 52.6 cm³/mol. The normalized spacial score (nSPS) is 10.9. The molecule has 0 fully saturated rings. The maximum atomic E-state index is 12.7. The van der Waals surface area contributed by atoms with Gasteiger partial charge in [0.25, 0.3) is 0 Å². The van der Waals surface area contributed by atoms with Crippen molar-refractivity contribution in [2.24, 2.45) is 0 Å². The van der Waals surface area contributed by atoms with Gasteiger partial charge in [-0.2, -0.15) is 8.42 Å². The maximum absolute atomic E-state index is 12.7. The molecule has 0 atom stereocenters. The second-order valence-corrected chi connectivity index (χ2v) is 4.14. The van der Waals surface area contributed by atoms with Gasteiger partial charge in [-0.25, -0.2) is 4.79 Å². The number of carbonyl (C=O) groups excluding carboxylic acids is 1. The lowest BCUT2D eigenvalue weighted by molar-refractivity contribution is 0.0597. The standard InChI is InChI=1S/C9H9FO5S/c1-14-8-4-3-6(16(10,12)13)5-7(8)9(11)15-2/h3-5H,1-2H3. The first-order valence-corrected chi connectivity index (χ1v) is 5.49. The number of methoxy groups -OCH3 is 2. The van der Waals surface area contributed by atoms with E-state index in [1.807, 2.05) is 0 Å². The largest absolute Gasteiger partial charge is 0.496 e. The van der Waals surface area contributed by atoms with E-state index in [1.54, 1.807) is 0 Å². The van der Waals surface area contributed by atoms with E-state index in [4.69, 9.17) is 4.74 Å². The highest BCUT2D eigenvalue weighted by Gasteiger charge is 2.19. The zero-order valence-electron chi connectivity index (χ0n) is 8.56. The number of hydrogen-bond acceptors (Lipinski definition) is 5. The number of halogens is 1. The SMILES string of the molecule is COC(=O)c1cc(S(=O)(=O)F)ccc1OC. The summed E-state index contributed by atoms with van der Waals surface area (Å²) in [5.41, 5.74) is -0.149. The van der Waals surface area contributed by atoms with Gasteiger partial charge < -0.3 is 9.47 Å². The Morgan fingerprint density at radius 3 is 2.38 bits per heavy atom. The molecule has 1 aromatic carbocycles. The zero-order valence-corrected chi connectivity index (χ0v) is 9.38. The fourth-order valence-corrected chi connectivity index (χ4v) is 1.60. The third kappa shape index (κ3) is 2.48. The smallest absolute Gasteiger partial charge is 0.341 e. The molecule has 0 saturated carbocycles. The monoisotopic (exact) mass is 248 g/mol. The van der Waals surface area contributed by atoms with Gasteiger partial charge in [-0.15, -0.1) is 3.89 Å². The van der Waals surface area contributed by atoms with Crippen LogP contribution in [0, 0.1) is 0 Å². The number of benzene rings is 1. The Bertz CT molecular complexity index is 509. The topological polar surface area (TPSA) is 69.7 Å². The molecule has 0 radical (unpaired) electrons. The molecule has 0 aliphatic rings. The van der Waals surface area contributed by atoms with Crippen LogP contribution in [0.5, 0.6) is 5.75 Å². The van der Waals surface area contributed by atoms with Crippen LogP contribution in [0.2, 0.25) is 0 Å². The van der Waals surface area contributed by atoms with Crippen molar-refractivity contribution in [1.82, 2.24) is 0 Å². The first kappa shape index (κ1) is 12.4. The summed E-state index contributed by atoms with van der Waals surface area (Å²) in [5, 5.41) is 0. The molecule has 0 saturated heterocycles. The Morgan fingerprint density at radius 2 is 1.94 bits per heavy atom. The number of esters is 1. The summed E-state index contributed by atoms with van der Waals surface area (Å²) in [4.78, 5) is 10.6. The van der Waals surface area contributed by atoms with Crippen molar-refractivity contribution in [2.45, 2.75) is 4.90 Å². The Balaban J connectivity index is 3.38. The number of carbonyl (C=O) groups is 1. The molecule has 0 aliphatic heterocycles. The van der Waals surface area contributed by atoms with Gasteiger partial charge in [-0.05, 0) is 18.2 Å². The minimum atomic E-state index is -4.86. The molecule has 16 heavy (non-hydrogen) atoms. The highest BCUT2D eigenvalue weighted by Crippen LogP contribution is 2.24. The fraction of sp³-hybridized carbons (Fsp3) is 0.222. The van der Waals surface area contributed by atoms with Crippen LogP contribution in [0.15, 0.2) is 23.1 Å². The summed E-state index contributed by atoms with van der Waals surface area (Å²) in [6.45, 7) is 0. The number of hydrogen-bond donors (Lipinski definition) is 0. The van der Waals surface area contributed by atoms with Crippen molar-refractivity contribution in [3.05, 3.63) is 23.8 Å². The molecule has 5 nitrogen and oxygen atoms in total.